The van der Waals surface area contributed by atoms with Gasteiger partial charge in [-0.25, -0.2) is 9.69 Å². The topological polar surface area (TPSA) is 75.7 Å². The Labute approximate surface area is 238 Å². The molecule has 0 bridgehead atoms. The van der Waals surface area contributed by atoms with Crippen molar-refractivity contribution in [1.82, 2.24) is 5.32 Å². The number of rotatable bonds is 5. The van der Waals surface area contributed by atoms with Crippen molar-refractivity contribution in [1.29, 1.82) is 0 Å². The second-order valence-electron chi connectivity index (χ2n) is 8.03. The Morgan fingerprint density at radius 2 is 1.54 bits per heavy atom. The lowest BCUT2D eigenvalue weighted by atomic mass is 10.1. The van der Waals surface area contributed by atoms with Gasteiger partial charge in [-0.05, 0) is 124 Å². The van der Waals surface area contributed by atoms with Gasteiger partial charge in [0.25, 0.3) is 11.8 Å². The fourth-order valence-electron chi connectivity index (χ4n) is 3.68. The van der Waals surface area contributed by atoms with Crippen molar-refractivity contribution in [3.05, 3.63) is 94.0 Å². The van der Waals surface area contributed by atoms with Gasteiger partial charge < -0.3 is 4.74 Å². The molecule has 4 amide bonds. The summed E-state index contributed by atoms with van der Waals surface area (Å²) in [6.07, 6.45) is 1.50. The number of carbonyl (C=O) groups is 3. The van der Waals surface area contributed by atoms with Crippen molar-refractivity contribution in [2.75, 3.05) is 4.90 Å². The highest BCUT2D eigenvalue weighted by molar-refractivity contribution is 14.1. The van der Waals surface area contributed by atoms with E-state index in [1.807, 2.05) is 56.3 Å². The van der Waals surface area contributed by atoms with E-state index in [2.05, 4.69) is 66.4 Å². The smallest absolute Gasteiger partial charge is 0.335 e. The van der Waals surface area contributed by atoms with E-state index in [1.165, 1.54) is 6.08 Å². The Hall–Kier alpha value is -2.25. The number of barbiturate groups is 1. The summed E-state index contributed by atoms with van der Waals surface area (Å²) in [7, 11) is 0. The molecular weight excluding hydrogens is 738 g/mol. The predicted octanol–water partition coefficient (Wildman–Crippen LogP) is 6.52. The van der Waals surface area contributed by atoms with Crippen LogP contribution in [0.1, 0.15) is 22.3 Å². The highest BCUT2D eigenvalue weighted by Crippen LogP contribution is 2.31. The minimum Gasteiger partial charge on any atom is -0.487 e. The first kappa shape index (κ1) is 25.8. The largest absolute Gasteiger partial charge is 0.487 e. The van der Waals surface area contributed by atoms with Crippen LogP contribution in [0.15, 0.2) is 64.6 Å². The van der Waals surface area contributed by atoms with E-state index in [0.717, 1.165) is 39.0 Å². The number of hydrogen-bond donors (Lipinski definition) is 1. The monoisotopic (exact) mass is 756 g/mol. The number of carbonyl (C=O) groups excluding carboxylic acids is 3. The van der Waals surface area contributed by atoms with Gasteiger partial charge in [0.2, 0.25) is 0 Å². The van der Waals surface area contributed by atoms with E-state index >= 15 is 0 Å². The first-order valence-corrected chi connectivity index (χ1v) is 13.4. The summed E-state index contributed by atoms with van der Waals surface area (Å²) < 4.78 is 8.72. The maximum atomic E-state index is 13.2. The number of aryl methyl sites for hydroxylation is 2. The molecule has 1 saturated heterocycles. The van der Waals surface area contributed by atoms with Crippen LogP contribution in [-0.2, 0) is 16.2 Å². The molecule has 35 heavy (non-hydrogen) atoms. The van der Waals surface area contributed by atoms with Gasteiger partial charge in [0.15, 0.2) is 0 Å². The molecule has 1 fully saturated rings. The molecule has 0 saturated carbocycles. The minimum absolute atomic E-state index is 0.112. The Morgan fingerprint density at radius 1 is 0.943 bits per heavy atom. The summed E-state index contributed by atoms with van der Waals surface area (Å²) in [6.45, 7) is 4.18. The summed E-state index contributed by atoms with van der Waals surface area (Å²) in [4.78, 5) is 39.3. The van der Waals surface area contributed by atoms with Crippen molar-refractivity contribution < 1.29 is 19.1 Å². The highest BCUT2D eigenvalue weighted by Gasteiger charge is 2.37. The molecule has 3 aromatic carbocycles. The normalized spacial score (nSPS) is 14.9. The number of amides is 4. The van der Waals surface area contributed by atoms with Crippen LogP contribution >= 0.6 is 61.1 Å². The van der Waals surface area contributed by atoms with E-state index in [1.54, 1.807) is 12.1 Å². The first-order valence-electron chi connectivity index (χ1n) is 10.5. The number of nitrogens with one attached hydrogen (secondary N) is 1. The zero-order valence-corrected chi connectivity index (χ0v) is 24.6. The van der Waals surface area contributed by atoms with Crippen molar-refractivity contribution in [3.63, 3.8) is 0 Å². The number of benzene rings is 3. The molecule has 178 valence electrons. The van der Waals surface area contributed by atoms with E-state index in [-0.39, 0.29) is 5.57 Å². The van der Waals surface area contributed by atoms with Gasteiger partial charge in [-0.3, -0.25) is 14.9 Å². The molecule has 1 N–H and O–H groups in total. The summed E-state index contributed by atoms with van der Waals surface area (Å²) in [6, 6.07) is 16.2. The Kier molecular flexibility index (Phi) is 7.96. The molecule has 1 heterocycles. The number of urea groups is 1. The predicted molar refractivity (Wildman–Crippen MR) is 155 cm³/mol. The van der Waals surface area contributed by atoms with Gasteiger partial charge >= 0.3 is 6.03 Å². The lowest BCUT2D eigenvalue weighted by Gasteiger charge is -2.27. The molecular formula is C26H19BrI2N2O4. The molecule has 9 heteroatoms. The summed E-state index contributed by atoms with van der Waals surface area (Å²) in [5, 5.41) is 2.28. The quantitative estimate of drug-likeness (QED) is 0.183. The number of imide groups is 2. The average Bonchev–Trinajstić information content (AvgIpc) is 2.76. The molecule has 0 aromatic heterocycles. The molecule has 0 radical (unpaired) electrons. The molecule has 0 aliphatic carbocycles. The standard InChI is InChI=1S/C26H19BrI2N2O4/c1-14-7-15(2)9-19(8-14)31-25(33)20(24(32)30-26(31)34)10-17-11-21(28)23(22(29)12-17)35-13-16-3-5-18(27)6-4-16/h3-12H,13H2,1-2H3,(H,30,32,34)/b20-10+. The van der Waals surface area contributed by atoms with Crippen LogP contribution in [0.25, 0.3) is 6.08 Å². The number of nitrogens with zero attached hydrogens (tertiary/aromatic N) is 1. The molecule has 6 nitrogen and oxygen atoms in total. The lowest BCUT2D eigenvalue weighted by Crippen LogP contribution is -2.54. The average molecular weight is 757 g/mol. The van der Waals surface area contributed by atoms with Crippen LogP contribution in [-0.4, -0.2) is 17.8 Å². The van der Waals surface area contributed by atoms with Crippen molar-refractivity contribution >= 4 is 90.7 Å². The van der Waals surface area contributed by atoms with Crippen LogP contribution < -0.4 is 15.0 Å². The van der Waals surface area contributed by atoms with Gasteiger partial charge in [-0.2, -0.15) is 0 Å². The van der Waals surface area contributed by atoms with Gasteiger partial charge in [0.05, 0.1) is 12.8 Å². The lowest BCUT2D eigenvalue weighted by molar-refractivity contribution is -0.122. The zero-order chi connectivity index (χ0) is 25.3. The maximum Gasteiger partial charge on any atom is 0.335 e. The van der Waals surface area contributed by atoms with Crippen LogP contribution in [0.2, 0.25) is 0 Å². The Balaban J connectivity index is 1.62. The van der Waals surface area contributed by atoms with Gasteiger partial charge in [0.1, 0.15) is 17.9 Å². The SMILES string of the molecule is Cc1cc(C)cc(N2C(=O)NC(=O)/C(=C\c3cc(I)c(OCc4ccc(Br)cc4)c(I)c3)C2=O)c1. The van der Waals surface area contributed by atoms with Gasteiger partial charge in [-0.15, -0.1) is 0 Å². The van der Waals surface area contributed by atoms with Gasteiger partial charge in [0, 0.05) is 4.47 Å². The third-order valence-corrected chi connectivity index (χ3v) is 7.33. The molecule has 4 rings (SSSR count). The fourth-order valence-corrected chi connectivity index (χ4v) is 6.07. The van der Waals surface area contributed by atoms with Crippen LogP contribution in [0, 0.1) is 21.0 Å². The zero-order valence-electron chi connectivity index (χ0n) is 18.7. The minimum atomic E-state index is -0.761. The second kappa shape index (κ2) is 10.8. The number of hydrogen-bond acceptors (Lipinski definition) is 4. The Bertz CT molecular complexity index is 1340. The fraction of sp³-hybridized carbons (Fsp3) is 0.115. The van der Waals surface area contributed by atoms with Crippen molar-refractivity contribution in [2.45, 2.75) is 20.5 Å². The van der Waals surface area contributed by atoms with Crippen molar-refractivity contribution in [2.24, 2.45) is 0 Å². The van der Waals surface area contributed by atoms with E-state index in [0.29, 0.717) is 17.9 Å². The van der Waals surface area contributed by atoms with E-state index in [4.69, 9.17) is 4.74 Å². The third-order valence-electron chi connectivity index (χ3n) is 5.19. The molecule has 1 aliphatic rings. The summed E-state index contributed by atoms with van der Waals surface area (Å²) in [5.41, 5.74) is 3.81. The summed E-state index contributed by atoms with van der Waals surface area (Å²) >= 11 is 7.77. The second-order valence-corrected chi connectivity index (χ2v) is 11.3. The van der Waals surface area contributed by atoms with Gasteiger partial charge in [-0.1, -0.05) is 34.1 Å². The number of halogens is 3. The van der Waals surface area contributed by atoms with Crippen molar-refractivity contribution in [3.8, 4) is 5.75 Å². The molecule has 3 aromatic rings. The van der Waals surface area contributed by atoms with Crippen LogP contribution in [0.4, 0.5) is 10.5 Å². The highest BCUT2D eigenvalue weighted by atomic mass is 127. The molecule has 1 aliphatic heterocycles. The summed E-state index contributed by atoms with van der Waals surface area (Å²) in [5.74, 6) is -0.659. The molecule has 0 unspecified atom stereocenters. The number of ether oxygens (including phenoxy) is 1. The van der Waals surface area contributed by atoms with Crippen LogP contribution in [0.3, 0.4) is 0 Å². The first-order chi connectivity index (χ1) is 16.6. The number of anilines is 1. The van der Waals surface area contributed by atoms with E-state index < -0.39 is 17.8 Å². The van der Waals surface area contributed by atoms with Crippen LogP contribution in [0.5, 0.6) is 5.75 Å². The molecule has 0 atom stereocenters. The molecule has 0 spiro atoms. The third kappa shape index (κ3) is 5.95. The van der Waals surface area contributed by atoms with E-state index in [9.17, 15) is 14.4 Å². The Morgan fingerprint density at radius 3 is 2.14 bits per heavy atom. The maximum absolute atomic E-state index is 13.2.